The van der Waals surface area contributed by atoms with Gasteiger partial charge in [0.05, 0.1) is 25.3 Å². The number of ether oxygens (including phenoxy) is 2. The van der Waals surface area contributed by atoms with Gasteiger partial charge < -0.3 is 23.6 Å². The first-order chi connectivity index (χ1) is 15.5. The highest BCUT2D eigenvalue weighted by Crippen LogP contribution is 2.33. The van der Waals surface area contributed by atoms with Crippen LogP contribution in [0.1, 0.15) is 16.9 Å². The summed E-state index contributed by atoms with van der Waals surface area (Å²) in [5, 5.41) is 3.13. The van der Waals surface area contributed by atoms with Crippen molar-refractivity contribution < 1.29 is 23.1 Å². The number of hydrogen-bond acceptors (Lipinski definition) is 6. The van der Waals surface area contributed by atoms with Crippen LogP contribution in [0.25, 0.3) is 22.3 Å². The van der Waals surface area contributed by atoms with E-state index in [2.05, 4.69) is 5.32 Å². The average molecular weight is 433 g/mol. The molecule has 0 unspecified atom stereocenters. The number of furan rings is 1. The molecule has 0 radical (unpaired) electrons. The van der Waals surface area contributed by atoms with Crippen molar-refractivity contribution in [1.82, 2.24) is 5.32 Å². The highest BCUT2D eigenvalue weighted by molar-refractivity contribution is 5.86. The van der Waals surface area contributed by atoms with E-state index in [1.54, 1.807) is 43.5 Å². The second-order valence-electron chi connectivity index (χ2n) is 7.42. The van der Waals surface area contributed by atoms with E-state index in [0.29, 0.717) is 28.0 Å². The van der Waals surface area contributed by atoms with Crippen LogP contribution in [0.4, 0.5) is 0 Å². The highest BCUT2D eigenvalue weighted by atomic mass is 16.5. The van der Waals surface area contributed by atoms with Crippen LogP contribution >= 0.6 is 0 Å². The molecule has 0 aliphatic rings. The first kappa shape index (κ1) is 21.2. The minimum absolute atomic E-state index is 0.0113. The second kappa shape index (κ2) is 9.01. The number of carbonyl (C=O) groups excluding carboxylic acids is 1. The first-order valence-electron chi connectivity index (χ1n) is 10.1. The van der Waals surface area contributed by atoms with Gasteiger partial charge in [0.25, 0.3) is 5.91 Å². The van der Waals surface area contributed by atoms with Crippen molar-refractivity contribution in [2.24, 2.45) is 0 Å². The molecule has 7 nitrogen and oxygen atoms in total. The van der Waals surface area contributed by atoms with Crippen LogP contribution in [0.5, 0.6) is 11.5 Å². The van der Waals surface area contributed by atoms with Gasteiger partial charge in [-0.05, 0) is 67.4 Å². The molecule has 0 aliphatic carbocycles. The maximum Gasteiger partial charge on any atom is 0.258 e. The lowest BCUT2D eigenvalue weighted by Gasteiger charge is -2.13. The van der Waals surface area contributed by atoms with Crippen molar-refractivity contribution in [1.29, 1.82) is 0 Å². The Kier molecular flexibility index (Phi) is 5.98. The van der Waals surface area contributed by atoms with Gasteiger partial charge in [-0.15, -0.1) is 0 Å². The van der Waals surface area contributed by atoms with Crippen LogP contribution in [0.15, 0.2) is 68.4 Å². The van der Waals surface area contributed by atoms with Crippen LogP contribution in [0.2, 0.25) is 0 Å². The van der Waals surface area contributed by atoms with Gasteiger partial charge in [-0.25, -0.2) is 0 Å². The predicted molar refractivity (Wildman–Crippen MR) is 120 cm³/mol. The zero-order valence-electron chi connectivity index (χ0n) is 18.1. The number of aryl methyl sites for hydroxylation is 2. The van der Waals surface area contributed by atoms with Gasteiger partial charge in [0.15, 0.2) is 12.4 Å². The summed E-state index contributed by atoms with van der Waals surface area (Å²) >= 11 is 0. The molecule has 1 amide bonds. The van der Waals surface area contributed by atoms with E-state index in [9.17, 15) is 9.59 Å². The molecule has 0 fully saturated rings. The van der Waals surface area contributed by atoms with Gasteiger partial charge in [0, 0.05) is 5.56 Å². The Morgan fingerprint density at radius 2 is 1.88 bits per heavy atom. The third-order valence-electron chi connectivity index (χ3n) is 5.03. The van der Waals surface area contributed by atoms with E-state index < -0.39 is 0 Å². The summed E-state index contributed by atoms with van der Waals surface area (Å²) in [6.07, 6.45) is 1.53. The molecule has 0 saturated heterocycles. The first-order valence-corrected chi connectivity index (χ1v) is 10.1. The van der Waals surface area contributed by atoms with Crippen molar-refractivity contribution >= 4 is 16.9 Å². The monoisotopic (exact) mass is 433 g/mol. The molecule has 1 N–H and O–H groups in total. The number of benzene rings is 2. The lowest BCUT2D eigenvalue weighted by molar-refractivity contribution is -0.123. The van der Waals surface area contributed by atoms with E-state index in [1.807, 2.05) is 26.0 Å². The quantitative estimate of drug-likeness (QED) is 0.465. The maximum absolute atomic E-state index is 13.4. The largest absolute Gasteiger partial charge is 0.497 e. The zero-order valence-corrected chi connectivity index (χ0v) is 18.1. The Balaban J connectivity index is 1.70. The smallest absolute Gasteiger partial charge is 0.258 e. The Bertz CT molecular complexity index is 1300. The summed E-state index contributed by atoms with van der Waals surface area (Å²) < 4.78 is 22.3. The minimum Gasteiger partial charge on any atom is -0.497 e. The third-order valence-corrected chi connectivity index (χ3v) is 5.03. The standard InChI is InChI=1S/C25H23NO6/c1-15-11-16(2)22-20(12-15)32-24(17-6-8-18(29-3)9-7-17)25(23(22)28)31-14-21(27)26-13-19-5-4-10-30-19/h4-12H,13-14H2,1-3H3,(H,26,27). The Morgan fingerprint density at radius 3 is 2.56 bits per heavy atom. The number of fused-ring (bicyclic) bond motifs is 1. The molecular formula is C25H23NO6. The van der Waals surface area contributed by atoms with Crippen LogP contribution < -0.4 is 20.2 Å². The summed E-state index contributed by atoms with van der Waals surface area (Å²) in [5.74, 6) is 1.15. The van der Waals surface area contributed by atoms with Crippen molar-refractivity contribution in [3.8, 4) is 22.8 Å². The molecule has 0 spiro atoms. The summed E-state index contributed by atoms with van der Waals surface area (Å²) in [6.45, 7) is 3.67. The summed E-state index contributed by atoms with van der Waals surface area (Å²) in [5.41, 5.74) is 2.53. The molecule has 32 heavy (non-hydrogen) atoms. The maximum atomic E-state index is 13.4. The van der Waals surface area contributed by atoms with Gasteiger partial charge >= 0.3 is 0 Å². The van der Waals surface area contributed by atoms with E-state index in [-0.39, 0.29) is 36.0 Å². The lowest BCUT2D eigenvalue weighted by Crippen LogP contribution is -2.29. The third kappa shape index (κ3) is 4.37. The van der Waals surface area contributed by atoms with Crippen LogP contribution in [-0.4, -0.2) is 19.6 Å². The topological polar surface area (TPSA) is 90.9 Å². The Labute approximate surface area is 184 Å². The van der Waals surface area contributed by atoms with E-state index in [4.69, 9.17) is 18.3 Å². The highest BCUT2D eigenvalue weighted by Gasteiger charge is 2.20. The van der Waals surface area contributed by atoms with Crippen LogP contribution in [0, 0.1) is 13.8 Å². The molecule has 164 valence electrons. The molecule has 0 bridgehead atoms. The van der Waals surface area contributed by atoms with Gasteiger partial charge in [-0.2, -0.15) is 0 Å². The van der Waals surface area contributed by atoms with Crippen LogP contribution in [-0.2, 0) is 11.3 Å². The van der Waals surface area contributed by atoms with E-state index in [0.717, 1.165) is 11.1 Å². The summed E-state index contributed by atoms with van der Waals surface area (Å²) in [4.78, 5) is 25.7. The van der Waals surface area contributed by atoms with Crippen LogP contribution in [0.3, 0.4) is 0 Å². The van der Waals surface area contributed by atoms with E-state index >= 15 is 0 Å². The Morgan fingerprint density at radius 1 is 1.09 bits per heavy atom. The number of rotatable bonds is 7. The van der Waals surface area contributed by atoms with Gasteiger partial charge in [-0.1, -0.05) is 6.07 Å². The number of carbonyl (C=O) groups is 1. The fourth-order valence-corrected chi connectivity index (χ4v) is 3.52. The van der Waals surface area contributed by atoms with Crippen molar-refractivity contribution in [3.63, 3.8) is 0 Å². The normalized spacial score (nSPS) is 10.8. The zero-order chi connectivity index (χ0) is 22.7. The molecule has 4 rings (SSSR count). The van der Waals surface area contributed by atoms with Crippen molar-refractivity contribution in [2.45, 2.75) is 20.4 Å². The molecule has 2 aromatic carbocycles. The van der Waals surface area contributed by atoms with Gasteiger partial charge in [0.2, 0.25) is 11.2 Å². The fourth-order valence-electron chi connectivity index (χ4n) is 3.52. The Hall–Kier alpha value is -4.00. The van der Waals surface area contributed by atoms with Gasteiger partial charge in [-0.3, -0.25) is 9.59 Å². The molecule has 0 atom stereocenters. The molecule has 4 aromatic rings. The summed E-state index contributed by atoms with van der Waals surface area (Å²) in [7, 11) is 1.58. The number of amides is 1. The molecular weight excluding hydrogens is 410 g/mol. The predicted octanol–water partition coefficient (Wildman–Crippen LogP) is 4.37. The minimum atomic E-state index is -0.387. The lowest BCUT2D eigenvalue weighted by atomic mass is 10.0. The van der Waals surface area contributed by atoms with Gasteiger partial charge in [0.1, 0.15) is 17.1 Å². The SMILES string of the molecule is COc1ccc(-c2oc3cc(C)cc(C)c3c(=O)c2OCC(=O)NCc2ccco2)cc1. The second-order valence-corrected chi connectivity index (χ2v) is 7.42. The van der Waals surface area contributed by atoms with E-state index in [1.165, 1.54) is 6.26 Å². The summed E-state index contributed by atoms with van der Waals surface area (Å²) in [6, 6.07) is 14.3. The molecule has 7 heteroatoms. The molecule has 0 saturated carbocycles. The average Bonchev–Trinajstić information content (AvgIpc) is 3.30. The number of nitrogens with one attached hydrogen (secondary N) is 1. The number of methoxy groups -OCH3 is 1. The van der Waals surface area contributed by atoms with Crippen molar-refractivity contribution in [3.05, 3.63) is 81.9 Å². The fraction of sp³-hybridized carbons (Fsp3) is 0.200. The molecule has 2 heterocycles. The molecule has 2 aromatic heterocycles. The number of hydrogen-bond donors (Lipinski definition) is 1. The van der Waals surface area contributed by atoms with Crippen molar-refractivity contribution in [2.75, 3.05) is 13.7 Å². The molecule has 0 aliphatic heterocycles.